The quantitative estimate of drug-likeness (QED) is 0.633. The van der Waals surface area contributed by atoms with Crippen molar-refractivity contribution in [1.29, 1.82) is 0 Å². The number of carbonyl (C=O) groups is 1. The number of hydrogen-bond donors (Lipinski definition) is 1. The minimum atomic E-state index is -0.153. The molecule has 0 spiro atoms. The number of ketones is 1. The van der Waals surface area contributed by atoms with Crippen molar-refractivity contribution >= 4 is 40.2 Å². The van der Waals surface area contributed by atoms with Crippen LogP contribution in [0.3, 0.4) is 0 Å². The van der Waals surface area contributed by atoms with Crippen molar-refractivity contribution in [2.45, 2.75) is 20.8 Å². The van der Waals surface area contributed by atoms with Crippen molar-refractivity contribution in [3.05, 3.63) is 59.1 Å². The third-order valence-electron chi connectivity index (χ3n) is 3.15. The fourth-order valence-electron chi connectivity index (χ4n) is 1.93. The smallest absolute Gasteiger partial charge is 0.181 e. The Balaban J connectivity index is 2.22. The van der Waals surface area contributed by atoms with Crippen LogP contribution in [0.1, 0.15) is 19.4 Å². The van der Waals surface area contributed by atoms with E-state index in [0.29, 0.717) is 16.4 Å². The summed E-state index contributed by atoms with van der Waals surface area (Å²) in [6.07, 6.45) is 0. The highest BCUT2D eigenvalue weighted by atomic mass is 35.5. The molecule has 0 atom stereocenters. The zero-order chi connectivity index (χ0) is 16.8. The molecule has 0 aromatic heterocycles. The van der Waals surface area contributed by atoms with E-state index in [1.807, 2.05) is 31.2 Å². The number of halogens is 1. The largest absolute Gasteiger partial charge is 0.293 e. The maximum Gasteiger partial charge on any atom is 0.181 e. The molecular weight excluding hydrogens is 310 g/mol. The Morgan fingerprint density at radius 1 is 1.00 bits per heavy atom. The molecule has 118 valence electrons. The van der Waals surface area contributed by atoms with Crippen molar-refractivity contribution < 1.29 is 4.79 Å². The second-order valence-corrected chi connectivity index (χ2v) is 5.60. The lowest BCUT2D eigenvalue weighted by atomic mass is 10.2. The van der Waals surface area contributed by atoms with E-state index < -0.39 is 0 Å². The molecule has 0 unspecified atom stereocenters. The summed E-state index contributed by atoms with van der Waals surface area (Å²) >= 11 is 5.84. The minimum Gasteiger partial charge on any atom is -0.293 e. The predicted molar refractivity (Wildman–Crippen MR) is 97.1 cm³/mol. The third kappa shape index (κ3) is 5.04. The average molecular weight is 328 g/mol. The number of anilines is 1. The third-order valence-corrected chi connectivity index (χ3v) is 3.40. The molecule has 0 bridgehead atoms. The topological polar surface area (TPSA) is 53.8 Å². The first-order valence-electron chi connectivity index (χ1n) is 7.18. The maximum absolute atomic E-state index is 11.8. The van der Waals surface area contributed by atoms with Gasteiger partial charge in [0.1, 0.15) is 5.71 Å². The molecule has 2 rings (SSSR count). The number of benzene rings is 2. The number of aliphatic imine (C=N–C) groups is 1. The Bertz CT molecular complexity index is 747. The Labute approximate surface area is 140 Å². The number of hydrazone groups is 1. The minimum absolute atomic E-state index is 0.153. The second kappa shape index (κ2) is 7.70. The summed E-state index contributed by atoms with van der Waals surface area (Å²) in [5.74, 6) is -0.153. The van der Waals surface area contributed by atoms with Crippen molar-refractivity contribution in [3.8, 4) is 0 Å². The molecule has 1 N–H and O–H groups in total. The van der Waals surface area contributed by atoms with Crippen LogP contribution in [0.25, 0.3) is 0 Å². The molecule has 0 radical (unpaired) electrons. The van der Waals surface area contributed by atoms with Gasteiger partial charge in [0.25, 0.3) is 0 Å². The van der Waals surface area contributed by atoms with Gasteiger partial charge in [-0.15, -0.1) is 0 Å². The zero-order valence-electron chi connectivity index (χ0n) is 13.3. The second-order valence-electron chi connectivity index (χ2n) is 5.17. The molecule has 0 aliphatic heterocycles. The van der Waals surface area contributed by atoms with Gasteiger partial charge in [-0.1, -0.05) is 29.3 Å². The first kappa shape index (κ1) is 16.9. The summed E-state index contributed by atoms with van der Waals surface area (Å²) in [6, 6.07) is 14.8. The highest BCUT2D eigenvalue weighted by molar-refractivity contribution is 6.66. The van der Waals surface area contributed by atoms with Crippen LogP contribution in [0.4, 0.5) is 11.4 Å². The number of nitrogens with one attached hydrogen (secondary N) is 1. The molecule has 5 heteroatoms. The van der Waals surface area contributed by atoms with E-state index in [-0.39, 0.29) is 5.78 Å². The summed E-state index contributed by atoms with van der Waals surface area (Å²) in [4.78, 5) is 16.3. The van der Waals surface area contributed by atoms with Crippen LogP contribution in [0.2, 0.25) is 5.02 Å². The van der Waals surface area contributed by atoms with E-state index in [1.165, 1.54) is 6.92 Å². The van der Waals surface area contributed by atoms with Gasteiger partial charge in [-0.3, -0.25) is 15.2 Å². The predicted octanol–water partition coefficient (Wildman–Crippen LogP) is 4.80. The van der Waals surface area contributed by atoms with Crippen LogP contribution in [0.5, 0.6) is 0 Å². The highest BCUT2D eigenvalue weighted by Crippen LogP contribution is 2.15. The van der Waals surface area contributed by atoms with Gasteiger partial charge < -0.3 is 0 Å². The fraction of sp³-hybridized carbons (Fsp3) is 0.167. The standard InChI is InChI=1S/C18H18ClN3O/c1-12-4-8-16(9-5-12)20-13(2)18(14(3)23)22-21-17-10-6-15(19)7-11-17/h4-11,21H,1-3H3. The molecule has 0 aliphatic rings. The van der Waals surface area contributed by atoms with Gasteiger partial charge in [0, 0.05) is 11.9 Å². The molecule has 23 heavy (non-hydrogen) atoms. The normalized spacial score (nSPS) is 12.2. The van der Waals surface area contributed by atoms with Gasteiger partial charge in [-0.25, -0.2) is 0 Å². The number of rotatable bonds is 5. The lowest BCUT2D eigenvalue weighted by Crippen LogP contribution is -2.20. The van der Waals surface area contributed by atoms with Gasteiger partial charge in [0.05, 0.1) is 17.1 Å². The lowest BCUT2D eigenvalue weighted by molar-refractivity contribution is -0.110. The lowest BCUT2D eigenvalue weighted by Gasteiger charge is -2.05. The summed E-state index contributed by atoms with van der Waals surface area (Å²) in [5, 5.41) is 4.82. The van der Waals surface area contributed by atoms with Crippen molar-refractivity contribution in [2.75, 3.05) is 5.43 Å². The van der Waals surface area contributed by atoms with E-state index in [4.69, 9.17) is 11.6 Å². The SMILES string of the molecule is CC(=O)C(=NNc1ccc(Cl)cc1)C(C)=Nc1ccc(C)cc1. The molecule has 0 saturated carbocycles. The number of Topliss-reactive ketones (excluding diaryl/α,β-unsaturated/α-hetero) is 1. The van der Waals surface area contributed by atoms with Gasteiger partial charge in [-0.2, -0.15) is 5.10 Å². The Morgan fingerprint density at radius 2 is 1.61 bits per heavy atom. The summed E-state index contributed by atoms with van der Waals surface area (Å²) in [5.41, 5.74) is 6.40. The van der Waals surface area contributed by atoms with E-state index in [2.05, 4.69) is 15.5 Å². The molecule has 0 saturated heterocycles. The van der Waals surface area contributed by atoms with E-state index in [1.54, 1.807) is 31.2 Å². The maximum atomic E-state index is 11.8. The molecule has 0 fully saturated rings. The summed E-state index contributed by atoms with van der Waals surface area (Å²) in [6.45, 7) is 5.25. The monoisotopic (exact) mass is 327 g/mol. The summed E-state index contributed by atoms with van der Waals surface area (Å²) in [7, 11) is 0. The summed E-state index contributed by atoms with van der Waals surface area (Å²) < 4.78 is 0. The van der Waals surface area contributed by atoms with E-state index >= 15 is 0 Å². The van der Waals surface area contributed by atoms with Crippen molar-refractivity contribution in [2.24, 2.45) is 10.1 Å². The van der Waals surface area contributed by atoms with Crippen LogP contribution in [0.15, 0.2) is 58.6 Å². The molecular formula is C18H18ClN3O. The fourth-order valence-corrected chi connectivity index (χ4v) is 2.05. The molecule has 0 amide bonds. The van der Waals surface area contributed by atoms with Gasteiger partial charge in [0.2, 0.25) is 0 Å². The Morgan fingerprint density at radius 3 is 2.17 bits per heavy atom. The Hall–Kier alpha value is -2.46. The number of hydrogen-bond acceptors (Lipinski definition) is 4. The van der Waals surface area contributed by atoms with Crippen LogP contribution in [-0.4, -0.2) is 17.2 Å². The van der Waals surface area contributed by atoms with Gasteiger partial charge in [0.15, 0.2) is 5.78 Å². The molecule has 4 nitrogen and oxygen atoms in total. The van der Waals surface area contributed by atoms with Crippen LogP contribution >= 0.6 is 11.6 Å². The number of nitrogens with zero attached hydrogens (tertiary/aromatic N) is 2. The van der Waals surface area contributed by atoms with E-state index in [9.17, 15) is 4.79 Å². The molecule has 0 heterocycles. The zero-order valence-corrected chi connectivity index (χ0v) is 14.1. The number of carbonyl (C=O) groups excluding carboxylic acids is 1. The molecule has 2 aromatic carbocycles. The highest BCUT2D eigenvalue weighted by Gasteiger charge is 2.10. The molecule has 2 aromatic rings. The van der Waals surface area contributed by atoms with Gasteiger partial charge >= 0.3 is 0 Å². The van der Waals surface area contributed by atoms with Crippen LogP contribution in [-0.2, 0) is 4.79 Å². The first-order chi connectivity index (χ1) is 11.0. The van der Waals surface area contributed by atoms with Crippen LogP contribution < -0.4 is 5.43 Å². The van der Waals surface area contributed by atoms with Gasteiger partial charge in [-0.05, 0) is 50.2 Å². The average Bonchev–Trinajstić information content (AvgIpc) is 2.51. The Kier molecular flexibility index (Phi) is 5.66. The van der Waals surface area contributed by atoms with E-state index in [0.717, 1.165) is 16.9 Å². The van der Waals surface area contributed by atoms with Crippen LogP contribution in [0, 0.1) is 6.92 Å². The van der Waals surface area contributed by atoms with Crippen molar-refractivity contribution in [1.82, 2.24) is 0 Å². The number of aryl methyl sites for hydroxylation is 1. The first-order valence-corrected chi connectivity index (χ1v) is 7.56. The van der Waals surface area contributed by atoms with Crippen molar-refractivity contribution in [3.63, 3.8) is 0 Å². The molecule has 0 aliphatic carbocycles.